The molecule has 1 fully saturated rings. The predicted molar refractivity (Wildman–Crippen MR) is 126 cm³/mol. The summed E-state index contributed by atoms with van der Waals surface area (Å²) in [5.41, 5.74) is 1.90. The van der Waals surface area contributed by atoms with Crippen LogP contribution in [0.1, 0.15) is 12.8 Å². The summed E-state index contributed by atoms with van der Waals surface area (Å²) in [6, 6.07) is 8.17. The van der Waals surface area contributed by atoms with Gasteiger partial charge in [0.15, 0.2) is 11.6 Å². The van der Waals surface area contributed by atoms with Crippen LogP contribution in [0.4, 0.5) is 33.2 Å². The van der Waals surface area contributed by atoms with E-state index in [2.05, 4.69) is 25.6 Å². The number of carbonyl (C=O) groups is 1. The first kappa shape index (κ1) is 22.6. The number of anilines is 5. The topological polar surface area (TPSA) is 125 Å². The van der Waals surface area contributed by atoms with Gasteiger partial charge in [0.25, 0.3) is 0 Å². The Labute approximate surface area is 200 Å². The van der Waals surface area contributed by atoms with Gasteiger partial charge >= 0.3 is 5.97 Å². The number of fused-ring (bicyclic) bond motifs is 1. The van der Waals surface area contributed by atoms with Gasteiger partial charge in [0.2, 0.25) is 11.8 Å². The van der Waals surface area contributed by atoms with Gasteiger partial charge in [0.05, 0.1) is 37.4 Å². The van der Waals surface area contributed by atoms with Crippen molar-refractivity contribution in [2.75, 3.05) is 42.4 Å². The van der Waals surface area contributed by atoms with E-state index in [-0.39, 0.29) is 11.8 Å². The molecule has 182 valence electrons. The predicted octanol–water partition coefficient (Wildman–Crippen LogP) is 3.17. The van der Waals surface area contributed by atoms with Crippen LogP contribution in [0.15, 0.2) is 42.7 Å². The second kappa shape index (κ2) is 9.58. The number of nitrogens with one attached hydrogen (secondary N) is 2. The molecule has 3 aromatic rings. The molecule has 12 heteroatoms. The third kappa shape index (κ3) is 4.73. The Morgan fingerprint density at radius 2 is 2.03 bits per heavy atom. The van der Waals surface area contributed by atoms with Crippen LogP contribution in [0, 0.1) is 5.82 Å². The van der Waals surface area contributed by atoms with Crippen LogP contribution in [-0.2, 0) is 4.79 Å². The Morgan fingerprint density at radius 1 is 1.17 bits per heavy atom. The number of aromatic nitrogens is 3. The lowest BCUT2D eigenvalue weighted by atomic mass is 10.2. The molecule has 2 aliphatic heterocycles. The van der Waals surface area contributed by atoms with Crippen LogP contribution in [0.3, 0.4) is 0 Å². The van der Waals surface area contributed by atoms with E-state index in [9.17, 15) is 14.3 Å². The van der Waals surface area contributed by atoms with Crippen molar-refractivity contribution in [3.63, 3.8) is 0 Å². The van der Waals surface area contributed by atoms with E-state index < -0.39 is 17.8 Å². The molecule has 5 rings (SSSR count). The summed E-state index contributed by atoms with van der Waals surface area (Å²) in [5, 5.41) is 19.4. The minimum atomic E-state index is -0.847. The van der Waals surface area contributed by atoms with Gasteiger partial charge in [0, 0.05) is 18.3 Å². The molecule has 2 aliphatic rings. The molecule has 0 bridgehead atoms. The number of rotatable bonds is 7. The Balaban J connectivity index is 1.38. The molecule has 1 saturated heterocycles. The number of aliphatic carboxylic acids is 1. The van der Waals surface area contributed by atoms with Gasteiger partial charge in [-0.05, 0) is 37.1 Å². The summed E-state index contributed by atoms with van der Waals surface area (Å²) in [5.74, 6) is -0.205. The molecule has 0 aliphatic carbocycles. The van der Waals surface area contributed by atoms with Gasteiger partial charge in [-0.25, -0.2) is 19.4 Å². The van der Waals surface area contributed by atoms with Crippen molar-refractivity contribution in [1.82, 2.24) is 20.0 Å². The van der Waals surface area contributed by atoms with Crippen LogP contribution in [0.25, 0.3) is 0 Å². The number of pyridine rings is 1. The molecule has 4 heterocycles. The van der Waals surface area contributed by atoms with Crippen molar-refractivity contribution in [2.24, 2.45) is 0 Å². The Kier molecular flexibility index (Phi) is 6.19. The third-order valence-corrected chi connectivity index (χ3v) is 5.83. The highest BCUT2D eigenvalue weighted by Crippen LogP contribution is 2.38. The third-order valence-electron chi connectivity index (χ3n) is 5.83. The zero-order valence-electron chi connectivity index (χ0n) is 18.9. The number of halogens is 1. The molecule has 11 nitrogen and oxygen atoms in total. The van der Waals surface area contributed by atoms with E-state index in [1.165, 1.54) is 7.11 Å². The van der Waals surface area contributed by atoms with E-state index in [1.54, 1.807) is 36.5 Å². The monoisotopic (exact) mass is 481 g/mol. The molecule has 0 saturated carbocycles. The molecule has 0 radical (unpaired) electrons. The van der Waals surface area contributed by atoms with Crippen molar-refractivity contribution in [1.29, 1.82) is 0 Å². The molecule has 3 N–H and O–H groups in total. The molecule has 35 heavy (non-hydrogen) atoms. The largest absolute Gasteiger partial charge is 0.489 e. The van der Waals surface area contributed by atoms with Crippen LogP contribution in [0.5, 0.6) is 11.6 Å². The lowest BCUT2D eigenvalue weighted by molar-refractivity contribution is -0.142. The fourth-order valence-corrected chi connectivity index (χ4v) is 4.20. The number of benzene rings is 1. The number of hydrogen-bond acceptors (Lipinski definition) is 10. The normalized spacial score (nSPS) is 17.4. The average molecular weight is 481 g/mol. The molecular weight excluding hydrogens is 457 g/mol. The lowest BCUT2D eigenvalue weighted by Crippen LogP contribution is -2.51. The summed E-state index contributed by atoms with van der Waals surface area (Å²) in [7, 11) is 1.53. The maximum Gasteiger partial charge on any atom is 0.322 e. The lowest BCUT2D eigenvalue weighted by Gasteiger charge is -2.39. The SMILES string of the molecule is COc1ccc(Nc2ncc(F)c(Nc3ccc4c(c3)N(N3CCC[C@H]3C(=O)O)CCO4)n2)cn1. The molecule has 1 atom stereocenters. The number of methoxy groups -OCH3 is 1. The van der Waals surface area contributed by atoms with Gasteiger partial charge in [-0.1, -0.05) is 0 Å². The molecule has 1 aromatic carbocycles. The average Bonchev–Trinajstić information content (AvgIpc) is 3.36. The van der Waals surface area contributed by atoms with Gasteiger partial charge in [0.1, 0.15) is 18.4 Å². The van der Waals surface area contributed by atoms with E-state index >= 15 is 0 Å². The quantitative estimate of drug-likeness (QED) is 0.461. The number of hydrogen-bond donors (Lipinski definition) is 3. The molecular formula is C23H24FN7O4. The maximum absolute atomic E-state index is 14.5. The number of hydrazine groups is 1. The Morgan fingerprint density at radius 3 is 2.80 bits per heavy atom. The highest BCUT2D eigenvalue weighted by molar-refractivity contribution is 5.75. The van der Waals surface area contributed by atoms with Crippen molar-refractivity contribution in [3.05, 3.63) is 48.5 Å². The first-order valence-corrected chi connectivity index (χ1v) is 11.1. The van der Waals surface area contributed by atoms with Gasteiger partial charge in [-0.2, -0.15) is 4.98 Å². The Bertz CT molecular complexity index is 1230. The summed E-state index contributed by atoms with van der Waals surface area (Å²) < 4.78 is 25.4. The van der Waals surface area contributed by atoms with E-state index in [1.807, 2.05) is 10.0 Å². The number of ether oxygens (including phenoxy) is 2. The standard InChI is InChI=1S/C23H24FN7O4/c1-34-20-7-5-15(12-25-20)28-23-26-13-16(24)21(29-23)27-14-4-6-19-18(11-14)31(9-10-35-19)30-8-2-3-17(30)22(32)33/h4-7,11-13,17H,2-3,8-10H2,1H3,(H,32,33)(H2,26,27,28,29)/t17-/m0/s1. The second-order valence-corrected chi connectivity index (χ2v) is 8.04. The fraction of sp³-hybridized carbons (Fsp3) is 0.304. The van der Waals surface area contributed by atoms with Gasteiger partial charge < -0.3 is 25.2 Å². The molecule has 0 spiro atoms. The van der Waals surface area contributed by atoms with Crippen molar-refractivity contribution in [3.8, 4) is 11.6 Å². The van der Waals surface area contributed by atoms with Crippen LogP contribution >= 0.6 is 0 Å². The summed E-state index contributed by atoms with van der Waals surface area (Å²) >= 11 is 0. The molecule has 2 aromatic heterocycles. The van der Waals surface area contributed by atoms with Gasteiger partial charge in [-0.15, -0.1) is 0 Å². The number of carboxylic acids is 1. The van der Waals surface area contributed by atoms with Gasteiger partial charge in [-0.3, -0.25) is 9.80 Å². The molecule has 0 amide bonds. The minimum absolute atomic E-state index is 0.0169. The summed E-state index contributed by atoms with van der Waals surface area (Å²) in [6.45, 7) is 1.61. The van der Waals surface area contributed by atoms with Crippen molar-refractivity contribution >= 4 is 34.8 Å². The fourth-order valence-electron chi connectivity index (χ4n) is 4.20. The second-order valence-electron chi connectivity index (χ2n) is 8.04. The zero-order chi connectivity index (χ0) is 24.4. The zero-order valence-corrected chi connectivity index (χ0v) is 18.9. The highest BCUT2D eigenvalue weighted by Gasteiger charge is 2.36. The minimum Gasteiger partial charge on any atom is -0.489 e. The van der Waals surface area contributed by atoms with Crippen LogP contribution in [0.2, 0.25) is 0 Å². The van der Waals surface area contributed by atoms with Crippen LogP contribution < -0.4 is 25.1 Å². The first-order chi connectivity index (χ1) is 17.0. The first-order valence-electron chi connectivity index (χ1n) is 11.1. The van der Waals surface area contributed by atoms with E-state index in [0.29, 0.717) is 54.8 Å². The van der Waals surface area contributed by atoms with Crippen molar-refractivity contribution in [2.45, 2.75) is 18.9 Å². The van der Waals surface area contributed by atoms with E-state index in [0.717, 1.165) is 12.6 Å². The van der Waals surface area contributed by atoms with Crippen LogP contribution in [-0.4, -0.2) is 63.9 Å². The van der Waals surface area contributed by atoms with E-state index in [4.69, 9.17) is 9.47 Å². The Hall–Kier alpha value is -4.19. The van der Waals surface area contributed by atoms with Crippen molar-refractivity contribution < 1.29 is 23.8 Å². The maximum atomic E-state index is 14.5. The smallest absolute Gasteiger partial charge is 0.322 e. The molecule has 0 unspecified atom stereocenters. The highest BCUT2D eigenvalue weighted by atomic mass is 19.1. The number of nitrogens with zero attached hydrogens (tertiary/aromatic N) is 5. The summed E-state index contributed by atoms with van der Waals surface area (Å²) in [4.78, 5) is 24.1. The number of carboxylic acid groups (broad SMARTS) is 1. The summed E-state index contributed by atoms with van der Waals surface area (Å²) in [6.07, 6.45) is 4.02.